The van der Waals surface area contributed by atoms with Gasteiger partial charge in [-0.3, -0.25) is 38.6 Å². The van der Waals surface area contributed by atoms with E-state index in [4.69, 9.17) is 14.7 Å². The van der Waals surface area contributed by atoms with Crippen LogP contribution in [-0.4, -0.2) is 195 Å². The maximum atomic E-state index is 14.5. The Morgan fingerprint density at radius 2 is 1.48 bits per heavy atom. The Labute approximate surface area is 452 Å². The van der Waals surface area contributed by atoms with Crippen molar-refractivity contribution in [3.05, 3.63) is 59.7 Å². The third-order valence-electron chi connectivity index (χ3n) is 12.3. The fourth-order valence-electron chi connectivity index (χ4n) is 8.36. The molecule has 3 heterocycles. The van der Waals surface area contributed by atoms with Gasteiger partial charge in [0.05, 0.1) is 30.8 Å². The van der Waals surface area contributed by atoms with E-state index in [1.807, 2.05) is 5.32 Å². The molecule has 0 aliphatic carbocycles. The van der Waals surface area contributed by atoms with E-state index in [0.717, 1.165) is 25.1 Å². The summed E-state index contributed by atoms with van der Waals surface area (Å²) in [5.74, 6) is -11.8. The minimum Gasteiger partial charge on any atom is -0.691 e. The number of benzene rings is 2. The van der Waals surface area contributed by atoms with Crippen LogP contribution in [0.4, 0.5) is 4.79 Å². The van der Waals surface area contributed by atoms with Gasteiger partial charge in [-0.05, 0) is 30.2 Å². The Morgan fingerprint density at radius 1 is 0.840 bits per heavy atom. The van der Waals surface area contributed by atoms with E-state index in [2.05, 4.69) is 30.6 Å². The number of alkyl carbamates (subject to hydrolysis) is 1. The number of carbonyl (C=O) groups excluding carboxylic acids is 8. The number of aliphatic hydroxyl groups excluding tert-OH is 8. The van der Waals surface area contributed by atoms with Crippen LogP contribution in [0.2, 0.25) is 0 Å². The van der Waals surface area contributed by atoms with Crippen LogP contribution in [0.15, 0.2) is 48.5 Å². The Balaban J connectivity index is 0.0000122. The first kappa shape index (κ1) is 62.1. The molecule has 3 aliphatic rings. The van der Waals surface area contributed by atoms with Crippen molar-refractivity contribution in [3.8, 4) is 11.5 Å². The summed E-state index contributed by atoms with van der Waals surface area (Å²) in [6.45, 7) is 0.856. The molecule has 0 saturated carbocycles. The van der Waals surface area contributed by atoms with E-state index in [1.165, 1.54) is 6.92 Å². The summed E-state index contributed by atoms with van der Waals surface area (Å²) in [5.41, 5.74) is 5.44. The molecule has 408 valence electrons. The van der Waals surface area contributed by atoms with Crippen LogP contribution >= 0.6 is 12.3 Å². The number of ether oxygens (including phenoxy) is 1. The van der Waals surface area contributed by atoms with Crippen molar-refractivity contribution < 1.29 is 137 Å². The molecule has 75 heavy (non-hydrogen) atoms. The molecule has 3 saturated heterocycles. The third kappa shape index (κ3) is 16.0. The van der Waals surface area contributed by atoms with Crippen molar-refractivity contribution in [2.45, 2.75) is 125 Å². The van der Waals surface area contributed by atoms with Gasteiger partial charge in [-0.15, -0.1) is 4.33 Å². The summed E-state index contributed by atoms with van der Waals surface area (Å²) in [7, 11) is 0. The summed E-state index contributed by atoms with van der Waals surface area (Å²) >= 11 is -0.0983. The number of hydrogen-bond donors (Lipinski definition) is 15. The van der Waals surface area contributed by atoms with Crippen LogP contribution in [-0.2, 0) is 54.3 Å². The number of nitrogens with two attached hydrogens (primary N) is 1. The zero-order chi connectivity index (χ0) is 54.7. The number of amides is 8. The number of phenols is 1. The quantitative estimate of drug-likeness (QED) is 0.0275. The van der Waals surface area contributed by atoms with Crippen LogP contribution in [0.25, 0.3) is 0 Å². The maximum Gasteiger partial charge on any atom is 1.00 e. The van der Waals surface area contributed by atoms with Crippen LogP contribution in [0.5, 0.6) is 11.5 Å². The van der Waals surface area contributed by atoms with Crippen molar-refractivity contribution in [3.63, 3.8) is 0 Å². The molecule has 2 aromatic rings. The van der Waals surface area contributed by atoms with Crippen molar-refractivity contribution in [1.29, 1.82) is 0 Å². The Morgan fingerprint density at radius 3 is 2.12 bits per heavy atom. The van der Waals surface area contributed by atoms with Crippen molar-refractivity contribution >= 4 is 59.8 Å². The molecule has 3 aliphatic heterocycles. The smallest absolute Gasteiger partial charge is 0.691 e. The van der Waals surface area contributed by atoms with Gasteiger partial charge in [0.2, 0.25) is 41.4 Å². The maximum absolute atomic E-state index is 14.5. The zero-order valence-electron chi connectivity index (χ0n) is 40.2. The Hall–Kier alpha value is -5.49. The van der Waals surface area contributed by atoms with Gasteiger partial charge in [-0.25, -0.2) is 4.79 Å². The van der Waals surface area contributed by atoms with Gasteiger partial charge < -0.3 is 102 Å². The summed E-state index contributed by atoms with van der Waals surface area (Å²) in [6, 6.07) is -1.80. The number of phenolic OH excluding ortho intramolecular Hbond substituents is 1. The first-order valence-electron chi connectivity index (χ1n) is 22.6. The summed E-state index contributed by atoms with van der Waals surface area (Å²) in [4.78, 5) is 112. The Kier molecular flexibility index (Phi) is 23.2. The topological polar surface area (TPSA) is 471 Å². The number of nitrogens with zero attached hydrogens (tertiary/aromatic N) is 2. The normalized spacial score (nSPS) is 28.8. The Bertz CT molecular complexity index is 2350. The minimum atomic E-state index is -2.56. The number of primary amides is 1. The molecule has 5 rings (SSSR count). The van der Waals surface area contributed by atoms with Gasteiger partial charge in [0.15, 0.2) is 17.7 Å². The molecule has 0 spiro atoms. The predicted molar refractivity (Wildman–Crippen MR) is 242 cm³/mol. The molecule has 2 aromatic carbocycles. The van der Waals surface area contributed by atoms with E-state index in [0.29, 0.717) is 15.4 Å². The third-order valence-corrected chi connectivity index (χ3v) is 12.6. The van der Waals surface area contributed by atoms with Gasteiger partial charge in [0, 0.05) is 31.8 Å². The fraction of sp³-hybridized carbons (Fsp3) is 0.535. The summed E-state index contributed by atoms with van der Waals surface area (Å²) in [5, 5.41) is 124. The molecule has 14 unspecified atom stereocenters. The van der Waals surface area contributed by atoms with E-state index in [1.54, 1.807) is 30.3 Å². The molecule has 32 heteroatoms. The van der Waals surface area contributed by atoms with Gasteiger partial charge in [0.1, 0.15) is 61.2 Å². The van der Waals surface area contributed by atoms with Crippen molar-refractivity contribution in [2.24, 2.45) is 11.7 Å². The van der Waals surface area contributed by atoms with Crippen LogP contribution in [0.1, 0.15) is 50.3 Å². The largest absolute Gasteiger partial charge is 1.00 e. The molecular formula is C43H57N8NaO22S. The molecule has 8 amide bonds. The number of aliphatic hydroxyl groups is 8. The van der Waals surface area contributed by atoms with Gasteiger partial charge >= 0.3 is 35.7 Å². The predicted octanol–water partition coefficient (Wildman–Crippen LogP) is -10.3. The fourth-order valence-corrected chi connectivity index (χ4v) is 8.62. The average molecular weight is 1090 g/mol. The number of carbonyl (C=O) groups is 8. The number of nitrogens with one attached hydrogen (secondary N) is 5. The molecule has 15 atom stereocenters. The molecule has 3 fully saturated rings. The molecule has 0 bridgehead atoms. The molecule has 30 nitrogen and oxygen atoms in total. The van der Waals surface area contributed by atoms with Crippen molar-refractivity contribution in [2.75, 3.05) is 13.1 Å². The molecule has 0 aromatic heterocycles. The first-order valence-corrected chi connectivity index (χ1v) is 23.3. The van der Waals surface area contributed by atoms with E-state index in [-0.39, 0.29) is 54.1 Å². The number of rotatable bonds is 14. The zero-order valence-corrected chi connectivity index (χ0v) is 43.1. The SMILES string of the molecule is CC(O)C1NC(=O)[C@@H](NC(=O)OCc2ccccc2)CC(O)C(O)NC(=O)C2C(O)C(C)CN2C(=O)C(C(O)CC(N)=O)NC(=O)C(C(O)C(O)c2ccc(O)c(OSOO[O-])c2)NC(=O)C2CC(O)CN2C1=O.[Na+]. The first-order chi connectivity index (χ1) is 34.9. The van der Waals surface area contributed by atoms with E-state index < -0.39 is 182 Å². The standard InChI is InChI=1S/C43H58N8O22S.Na/c1-17-14-51-32(33(17)58)40(65)49-38(63)26(56)12-22(45-43(68)70-16-19-6-4-3-5-7-19)36(61)46-29(18(2)52)41(66)50-15-21(53)11-23(50)37(62)48-31(39(64)47-30(42(51)67)25(55)13-28(44)57)35(60)34(59)20-8-9-24(54)27(10-20)71-74-73-72-69;/h3-10,17-18,21-23,25-26,29-35,38,52-56,58-60,63,69H,11-16H2,1-2H3,(H2,44,57)(H,45,68)(H,46,61)(H,47,64)(H,48,62)(H,49,65);/q;+1/p-1/t17?,18?,21?,22-,23?,25?,26?,29?,30?,31?,32?,33?,34?,35?,38?;/m0./s1. The second kappa shape index (κ2) is 28.0. The van der Waals surface area contributed by atoms with Crippen molar-refractivity contribution in [1.82, 2.24) is 36.4 Å². The number of hydrogen-bond acceptors (Lipinski definition) is 23. The van der Waals surface area contributed by atoms with Crippen LogP contribution in [0.3, 0.4) is 0 Å². The average Bonchev–Trinajstić information content (AvgIpc) is 3.90. The van der Waals surface area contributed by atoms with Crippen LogP contribution < -0.4 is 71.3 Å². The van der Waals surface area contributed by atoms with Gasteiger partial charge in [-0.2, -0.15) is 0 Å². The van der Waals surface area contributed by atoms with E-state index in [9.17, 15) is 89.6 Å². The second-order valence-corrected chi connectivity index (χ2v) is 18.1. The monoisotopic (exact) mass is 1090 g/mol. The molecule has 0 radical (unpaired) electrons. The summed E-state index contributed by atoms with van der Waals surface area (Å²) < 4.78 is 14.2. The van der Waals surface area contributed by atoms with E-state index >= 15 is 0 Å². The number of aromatic hydroxyl groups is 1. The number of fused-ring (bicyclic) bond motifs is 2. The summed E-state index contributed by atoms with van der Waals surface area (Å²) in [6.07, 6.45) is -20.8. The second-order valence-electron chi connectivity index (χ2n) is 17.7. The van der Waals surface area contributed by atoms with Gasteiger partial charge in [0.25, 0.3) is 12.3 Å². The molecular weight excluding hydrogens is 1040 g/mol. The minimum absolute atomic E-state index is 0. The van der Waals surface area contributed by atoms with Crippen LogP contribution in [0, 0.1) is 5.92 Å². The molecule has 16 N–H and O–H groups in total. The van der Waals surface area contributed by atoms with Gasteiger partial charge in [-0.1, -0.05) is 43.3 Å².